The summed E-state index contributed by atoms with van der Waals surface area (Å²) in [4.78, 5) is 10.7. The largest absolute Gasteiger partial charge is 0.493 e. The molecule has 0 spiro atoms. The summed E-state index contributed by atoms with van der Waals surface area (Å²) in [5.41, 5.74) is 1.41. The van der Waals surface area contributed by atoms with Crippen LogP contribution in [-0.4, -0.2) is 24.8 Å². The second-order valence-electron chi connectivity index (χ2n) is 3.53. The highest BCUT2D eigenvalue weighted by molar-refractivity contribution is 6.32. The number of carboxylic acids is 1. The van der Waals surface area contributed by atoms with Crippen molar-refractivity contribution >= 4 is 17.6 Å². The van der Waals surface area contributed by atoms with Gasteiger partial charge in [-0.15, -0.1) is 0 Å². The Hall–Kier alpha value is -1.42. The molecule has 0 amide bonds. The minimum Gasteiger partial charge on any atom is -0.493 e. The zero-order chi connectivity index (χ0) is 11.7. The summed E-state index contributed by atoms with van der Waals surface area (Å²) < 4.78 is 10.6. The van der Waals surface area contributed by atoms with Crippen molar-refractivity contribution in [2.75, 3.05) is 13.7 Å². The van der Waals surface area contributed by atoms with Gasteiger partial charge in [0.15, 0.2) is 11.5 Å². The predicted molar refractivity (Wildman–Crippen MR) is 58.5 cm³/mol. The van der Waals surface area contributed by atoms with Crippen LogP contribution in [0.1, 0.15) is 11.1 Å². The molecule has 0 aromatic heterocycles. The zero-order valence-corrected chi connectivity index (χ0v) is 9.50. The van der Waals surface area contributed by atoms with Gasteiger partial charge in [-0.3, -0.25) is 4.79 Å². The average molecular weight is 243 g/mol. The molecule has 1 aromatic rings. The SMILES string of the molecule is COc1cc(CC(=O)O)c(Cl)c2c1OCC2. The van der Waals surface area contributed by atoms with Crippen molar-refractivity contribution in [2.45, 2.75) is 12.8 Å². The summed E-state index contributed by atoms with van der Waals surface area (Å²) in [6.45, 7) is 0.557. The second-order valence-corrected chi connectivity index (χ2v) is 3.91. The molecule has 16 heavy (non-hydrogen) atoms. The molecule has 2 rings (SSSR count). The van der Waals surface area contributed by atoms with E-state index in [0.717, 1.165) is 5.56 Å². The molecule has 1 aliphatic heterocycles. The van der Waals surface area contributed by atoms with Crippen molar-refractivity contribution in [3.8, 4) is 11.5 Å². The minimum absolute atomic E-state index is 0.109. The molecule has 1 aliphatic rings. The molecule has 5 heteroatoms. The van der Waals surface area contributed by atoms with E-state index in [-0.39, 0.29) is 6.42 Å². The van der Waals surface area contributed by atoms with E-state index in [0.29, 0.717) is 35.1 Å². The Morgan fingerprint density at radius 3 is 3.06 bits per heavy atom. The first-order valence-electron chi connectivity index (χ1n) is 4.86. The van der Waals surface area contributed by atoms with Crippen molar-refractivity contribution < 1.29 is 19.4 Å². The number of halogens is 1. The number of methoxy groups -OCH3 is 1. The maximum Gasteiger partial charge on any atom is 0.307 e. The third-order valence-corrected chi connectivity index (χ3v) is 2.98. The van der Waals surface area contributed by atoms with Gasteiger partial charge in [0.25, 0.3) is 0 Å². The molecule has 1 heterocycles. The summed E-state index contributed by atoms with van der Waals surface area (Å²) in [6, 6.07) is 1.63. The smallest absolute Gasteiger partial charge is 0.307 e. The second kappa shape index (κ2) is 4.22. The van der Waals surface area contributed by atoms with Gasteiger partial charge < -0.3 is 14.6 Å². The van der Waals surface area contributed by atoms with Crippen LogP contribution in [0.5, 0.6) is 11.5 Å². The number of hydrogen-bond acceptors (Lipinski definition) is 3. The van der Waals surface area contributed by atoms with E-state index in [2.05, 4.69) is 0 Å². The highest BCUT2D eigenvalue weighted by Crippen LogP contribution is 2.42. The number of rotatable bonds is 3. The van der Waals surface area contributed by atoms with Crippen LogP contribution in [0.25, 0.3) is 0 Å². The Bertz CT molecular complexity index is 442. The number of ether oxygens (including phenoxy) is 2. The first-order chi connectivity index (χ1) is 7.63. The van der Waals surface area contributed by atoms with Crippen molar-refractivity contribution in [2.24, 2.45) is 0 Å². The van der Waals surface area contributed by atoms with Crippen molar-refractivity contribution in [1.82, 2.24) is 0 Å². The highest BCUT2D eigenvalue weighted by atomic mass is 35.5. The normalized spacial score (nSPS) is 13.1. The van der Waals surface area contributed by atoms with Crippen LogP contribution in [0.15, 0.2) is 6.07 Å². The van der Waals surface area contributed by atoms with Gasteiger partial charge in [0.1, 0.15) is 0 Å². The van der Waals surface area contributed by atoms with Gasteiger partial charge in [0.2, 0.25) is 0 Å². The molecule has 0 saturated heterocycles. The van der Waals surface area contributed by atoms with E-state index in [1.165, 1.54) is 7.11 Å². The monoisotopic (exact) mass is 242 g/mol. The maximum absolute atomic E-state index is 10.7. The quantitative estimate of drug-likeness (QED) is 0.880. The van der Waals surface area contributed by atoms with Crippen LogP contribution < -0.4 is 9.47 Å². The summed E-state index contributed by atoms with van der Waals surface area (Å²) in [6.07, 6.45) is 0.584. The molecule has 0 unspecified atom stereocenters. The minimum atomic E-state index is -0.914. The number of carboxylic acid groups (broad SMARTS) is 1. The van der Waals surface area contributed by atoms with E-state index in [9.17, 15) is 4.79 Å². The fraction of sp³-hybridized carbons (Fsp3) is 0.364. The lowest BCUT2D eigenvalue weighted by Gasteiger charge is -2.11. The fourth-order valence-electron chi connectivity index (χ4n) is 1.81. The Kier molecular flexibility index (Phi) is 2.92. The molecule has 0 bridgehead atoms. The maximum atomic E-state index is 10.7. The third-order valence-electron chi connectivity index (χ3n) is 2.51. The van der Waals surface area contributed by atoms with Crippen molar-refractivity contribution in [1.29, 1.82) is 0 Å². The molecular weight excluding hydrogens is 232 g/mol. The van der Waals surface area contributed by atoms with Crippen LogP contribution >= 0.6 is 11.6 Å². The van der Waals surface area contributed by atoms with Gasteiger partial charge >= 0.3 is 5.97 Å². The van der Waals surface area contributed by atoms with E-state index >= 15 is 0 Å². The first kappa shape index (κ1) is 11.1. The lowest BCUT2D eigenvalue weighted by molar-refractivity contribution is -0.136. The predicted octanol–water partition coefficient (Wildman–Crippen LogP) is 1.91. The molecule has 1 N–H and O–H groups in total. The summed E-state index contributed by atoms with van der Waals surface area (Å²) in [5, 5.41) is 9.25. The van der Waals surface area contributed by atoms with Gasteiger partial charge in [-0.2, -0.15) is 0 Å². The molecule has 86 valence electrons. The molecule has 4 nitrogen and oxygen atoms in total. The summed E-state index contributed by atoms with van der Waals surface area (Å²) in [5.74, 6) is 0.276. The summed E-state index contributed by atoms with van der Waals surface area (Å²) >= 11 is 6.13. The van der Waals surface area contributed by atoms with Gasteiger partial charge in [-0.25, -0.2) is 0 Å². The number of benzene rings is 1. The average Bonchev–Trinajstić information content (AvgIpc) is 2.70. The highest BCUT2D eigenvalue weighted by Gasteiger charge is 2.23. The molecular formula is C11H11ClO4. The number of carbonyl (C=O) groups is 1. The van der Waals surface area contributed by atoms with E-state index in [1.807, 2.05) is 0 Å². The fourth-order valence-corrected chi connectivity index (χ4v) is 2.11. The van der Waals surface area contributed by atoms with Crippen LogP contribution in [0.2, 0.25) is 5.02 Å². The Labute approximate surface area is 97.7 Å². The number of aliphatic carboxylic acids is 1. The Balaban J connectivity index is 2.51. The number of hydrogen-bond donors (Lipinski definition) is 1. The van der Waals surface area contributed by atoms with Gasteiger partial charge in [-0.1, -0.05) is 11.6 Å². The zero-order valence-electron chi connectivity index (χ0n) is 8.75. The van der Waals surface area contributed by atoms with Crippen molar-refractivity contribution in [3.05, 3.63) is 22.2 Å². The molecule has 0 atom stereocenters. The third kappa shape index (κ3) is 1.80. The first-order valence-corrected chi connectivity index (χ1v) is 5.24. The van der Waals surface area contributed by atoms with E-state index in [1.54, 1.807) is 6.07 Å². The van der Waals surface area contributed by atoms with Gasteiger partial charge in [-0.05, 0) is 11.6 Å². The van der Waals surface area contributed by atoms with Gasteiger partial charge in [0, 0.05) is 12.0 Å². The number of fused-ring (bicyclic) bond motifs is 1. The standard InChI is InChI=1S/C11H11ClO4/c1-15-8-4-6(5-9(13)14)10(12)7-2-3-16-11(7)8/h4H,2-3,5H2,1H3,(H,13,14). The Morgan fingerprint density at radius 2 is 2.44 bits per heavy atom. The van der Waals surface area contributed by atoms with E-state index in [4.69, 9.17) is 26.2 Å². The van der Waals surface area contributed by atoms with Crippen LogP contribution in [0.3, 0.4) is 0 Å². The molecule has 0 radical (unpaired) electrons. The van der Waals surface area contributed by atoms with Crippen LogP contribution in [-0.2, 0) is 17.6 Å². The van der Waals surface area contributed by atoms with Crippen molar-refractivity contribution in [3.63, 3.8) is 0 Å². The molecule has 0 saturated carbocycles. The Morgan fingerprint density at radius 1 is 1.69 bits per heavy atom. The lowest BCUT2D eigenvalue weighted by atomic mass is 10.1. The van der Waals surface area contributed by atoms with Crippen LogP contribution in [0.4, 0.5) is 0 Å². The van der Waals surface area contributed by atoms with E-state index < -0.39 is 5.97 Å². The lowest BCUT2D eigenvalue weighted by Crippen LogP contribution is -2.02. The van der Waals surface area contributed by atoms with Gasteiger partial charge in [0.05, 0.1) is 25.2 Å². The summed E-state index contributed by atoms with van der Waals surface area (Å²) in [7, 11) is 1.52. The topological polar surface area (TPSA) is 55.8 Å². The molecule has 1 aromatic carbocycles. The molecule has 0 aliphatic carbocycles. The molecule has 0 fully saturated rings. The van der Waals surface area contributed by atoms with Crippen LogP contribution in [0, 0.1) is 0 Å².